The lowest BCUT2D eigenvalue weighted by Gasteiger charge is -2.13. The molecule has 6 nitrogen and oxygen atoms in total. The van der Waals surface area contributed by atoms with Gasteiger partial charge < -0.3 is 9.72 Å². The zero-order valence-electron chi connectivity index (χ0n) is 12.6. The highest BCUT2D eigenvalue weighted by Gasteiger charge is 2.39. The number of halogens is 4. The number of aromatic amines is 2. The molecule has 0 fully saturated rings. The largest absolute Gasteiger partial charge is 0.449 e. The van der Waals surface area contributed by atoms with Crippen LogP contribution < -0.4 is 10.3 Å². The van der Waals surface area contributed by atoms with Crippen molar-refractivity contribution in [1.82, 2.24) is 20.2 Å². The lowest BCUT2D eigenvalue weighted by Crippen LogP contribution is -2.20. The molecule has 3 rings (SSSR count). The highest BCUT2D eigenvalue weighted by molar-refractivity contribution is 6.31. The van der Waals surface area contributed by atoms with Gasteiger partial charge in [0, 0.05) is 11.2 Å². The van der Waals surface area contributed by atoms with Gasteiger partial charge in [0.25, 0.3) is 5.56 Å². The third-order valence-electron chi connectivity index (χ3n) is 3.26. The molecule has 2 aromatic heterocycles. The van der Waals surface area contributed by atoms with Crippen LogP contribution in [0.1, 0.15) is 11.3 Å². The molecule has 0 saturated carbocycles. The van der Waals surface area contributed by atoms with Gasteiger partial charge in [0.2, 0.25) is 5.75 Å². The molecule has 0 aliphatic heterocycles. The van der Waals surface area contributed by atoms with Crippen molar-refractivity contribution in [2.75, 3.05) is 0 Å². The molecule has 0 unspecified atom stereocenters. The Morgan fingerprint density at radius 1 is 1.24 bits per heavy atom. The molecule has 0 spiro atoms. The van der Waals surface area contributed by atoms with Crippen molar-refractivity contribution in [3.8, 4) is 23.0 Å². The Morgan fingerprint density at radius 2 is 2.00 bits per heavy atom. The van der Waals surface area contributed by atoms with Gasteiger partial charge >= 0.3 is 6.18 Å². The number of rotatable bonds is 3. The minimum Gasteiger partial charge on any atom is -0.449 e. The van der Waals surface area contributed by atoms with Crippen LogP contribution in [0.5, 0.6) is 11.5 Å². The first-order valence-electron chi connectivity index (χ1n) is 6.91. The van der Waals surface area contributed by atoms with Crippen LogP contribution in [0.15, 0.2) is 35.3 Å². The van der Waals surface area contributed by atoms with E-state index in [0.717, 1.165) is 0 Å². The zero-order valence-corrected chi connectivity index (χ0v) is 13.4. The van der Waals surface area contributed by atoms with Gasteiger partial charge in [0.05, 0.1) is 0 Å². The topological polar surface area (TPSA) is 83.7 Å². The smallest absolute Gasteiger partial charge is 0.437 e. The fraction of sp³-hybridized carbons (Fsp3) is 0.133. The Hall–Kier alpha value is -2.81. The van der Waals surface area contributed by atoms with E-state index in [4.69, 9.17) is 16.3 Å². The van der Waals surface area contributed by atoms with E-state index in [-0.39, 0.29) is 17.3 Å². The molecule has 130 valence electrons. The summed E-state index contributed by atoms with van der Waals surface area (Å²) in [7, 11) is 0. The van der Waals surface area contributed by atoms with Crippen molar-refractivity contribution in [2.45, 2.75) is 13.1 Å². The van der Waals surface area contributed by atoms with E-state index < -0.39 is 23.2 Å². The number of nitrogens with zero attached hydrogens (tertiary/aromatic N) is 2. The van der Waals surface area contributed by atoms with E-state index in [0.29, 0.717) is 10.6 Å². The lowest BCUT2D eigenvalue weighted by atomic mass is 10.2. The highest BCUT2D eigenvalue weighted by Crippen LogP contribution is 2.36. The van der Waals surface area contributed by atoms with Crippen molar-refractivity contribution in [2.24, 2.45) is 0 Å². The minimum atomic E-state index is -4.90. The minimum absolute atomic E-state index is 0.0114. The average Bonchev–Trinajstić information content (AvgIpc) is 3.06. The third kappa shape index (κ3) is 3.50. The highest BCUT2D eigenvalue weighted by atomic mass is 35.5. The molecule has 0 aliphatic rings. The first-order valence-corrected chi connectivity index (χ1v) is 7.29. The van der Waals surface area contributed by atoms with Gasteiger partial charge in [-0.05, 0) is 30.7 Å². The SMILES string of the molecule is Cc1ccc(Oc2c(C(F)(F)F)nc(-c3ccn[nH]3)[nH]c2=O)cc1Cl. The molecule has 2 heterocycles. The molecule has 1 aromatic carbocycles. The monoisotopic (exact) mass is 370 g/mol. The van der Waals surface area contributed by atoms with E-state index >= 15 is 0 Å². The second kappa shape index (κ2) is 6.25. The van der Waals surface area contributed by atoms with Gasteiger partial charge in [-0.2, -0.15) is 18.3 Å². The number of benzene rings is 1. The lowest BCUT2D eigenvalue weighted by molar-refractivity contribution is -0.142. The summed E-state index contributed by atoms with van der Waals surface area (Å²) >= 11 is 5.93. The van der Waals surface area contributed by atoms with Crippen LogP contribution in [0, 0.1) is 6.92 Å². The molecular weight excluding hydrogens is 361 g/mol. The normalized spacial score (nSPS) is 11.6. The molecule has 0 bridgehead atoms. The van der Waals surface area contributed by atoms with Crippen molar-refractivity contribution < 1.29 is 17.9 Å². The standard InChI is InChI=1S/C15H10ClF3N4O2/c1-7-2-3-8(6-9(7)16)25-11-12(15(17,18)19)21-13(22-14(11)24)10-4-5-20-23-10/h2-6H,1H3,(H,20,23)(H,21,22,24). The number of H-pyrrole nitrogens is 2. The molecule has 0 aliphatic carbocycles. The van der Waals surface area contributed by atoms with Crippen molar-refractivity contribution in [3.63, 3.8) is 0 Å². The van der Waals surface area contributed by atoms with E-state index in [2.05, 4.69) is 20.2 Å². The van der Waals surface area contributed by atoms with Crippen molar-refractivity contribution >= 4 is 11.6 Å². The molecule has 0 saturated heterocycles. The summed E-state index contributed by atoms with van der Waals surface area (Å²) in [6.07, 6.45) is -3.58. The Kier molecular flexibility index (Phi) is 4.25. The van der Waals surface area contributed by atoms with Crippen molar-refractivity contribution in [1.29, 1.82) is 0 Å². The molecule has 3 aromatic rings. The summed E-state index contributed by atoms with van der Waals surface area (Å²) in [5, 5.41) is 6.34. The summed E-state index contributed by atoms with van der Waals surface area (Å²) in [6.45, 7) is 1.72. The van der Waals surface area contributed by atoms with Gasteiger partial charge in [-0.3, -0.25) is 9.89 Å². The number of hydrogen-bond donors (Lipinski definition) is 2. The fourth-order valence-corrected chi connectivity index (χ4v) is 2.19. The van der Waals surface area contributed by atoms with Crippen LogP contribution in [0.4, 0.5) is 13.2 Å². The molecular formula is C15H10ClF3N4O2. The number of ether oxygens (including phenoxy) is 1. The Labute approximate surface area is 143 Å². The first-order chi connectivity index (χ1) is 11.8. The van der Waals surface area contributed by atoms with Crippen LogP contribution in [-0.2, 0) is 6.18 Å². The van der Waals surface area contributed by atoms with E-state index in [1.165, 1.54) is 24.4 Å². The Morgan fingerprint density at radius 3 is 2.60 bits per heavy atom. The van der Waals surface area contributed by atoms with Crippen LogP contribution in [0.3, 0.4) is 0 Å². The summed E-state index contributed by atoms with van der Waals surface area (Å²) in [4.78, 5) is 17.9. The predicted molar refractivity (Wildman–Crippen MR) is 83.7 cm³/mol. The van der Waals surface area contributed by atoms with Gasteiger partial charge in [-0.25, -0.2) is 4.98 Å². The van der Waals surface area contributed by atoms with Gasteiger partial charge in [0.15, 0.2) is 11.5 Å². The second-order valence-electron chi connectivity index (χ2n) is 5.07. The molecule has 25 heavy (non-hydrogen) atoms. The molecule has 0 atom stereocenters. The maximum Gasteiger partial charge on any atom is 0.437 e. The van der Waals surface area contributed by atoms with E-state index in [1.807, 2.05) is 0 Å². The predicted octanol–water partition coefficient (Wildman–Crippen LogP) is 3.93. The second-order valence-corrected chi connectivity index (χ2v) is 5.48. The van der Waals surface area contributed by atoms with Gasteiger partial charge in [0.1, 0.15) is 11.4 Å². The number of alkyl halides is 3. The van der Waals surface area contributed by atoms with Gasteiger partial charge in [-0.15, -0.1) is 0 Å². The number of aromatic nitrogens is 4. The van der Waals surface area contributed by atoms with Gasteiger partial charge in [-0.1, -0.05) is 17.7 Å². The number of aryl methyl sites for hydroxylation is 1. The number of hydrogen-bond acceptors (Lipinski definition) is 4. The number of nitrogens with one attached hydrogen (secondary N) is 2. The summed E-state index contributed by atoms with van der Waals surface area (Å²) in [5.41, 5.74) is -1.68. The molecule has 10 heteroatoms. The maximum absolute atomic E-state index is 13.3. The summed E-state index contributed by atoms with van der Waals surface area (Å²) < 4.78 is 45.2. The zero-order chi connectivity index (χ0) is 18.2. The molecule has 0 amide bonds. The Balaban J connectivity index is 2.12. The van der Waals surface area contributed by atoms with Crippen LogP contribution >= 0.6 is 11.6 Å². The first kappa shape index (κ1) is 17.0. The van der Waals surface area contributed by atoms with E-state index in [9.17, 15) is 18.0 Å². The third-order valence-corrected chi connectivity index (χ3v) is 3.67. The van der Waals surface area contributed by atoms with Crippen LogP contribution in [0.2, 0.25) is 5.02 Å². The Bertz CT molecular complexity index is 968. The molecule has 2 N–H and O–H groups in total. The maximum atomic E-state index is 13.3. The summed E-state index contributed by atoms with van der Waals surface area (Å²) in [5.74, 6) is -1.28. The van der Waals surface area contributed by atoms with E-state index in [1.54, 1.807) is 13.0 Å². The summed E-state index contributed by atoms with van der Waals surface area (Å²) in [6, 6.07) is 5.66. The van der Waals surface area contributed by atoms with Crippen LogP contribution in [-0.4, -0.2) is 20.2 Å². The molecule has 0 radical (unpaired) electrons. The van der Waals surface area contributed by atoms with Crippen molar-refractivity contribution in [3.05, 3.63) is 57.1 Å². The van der Waals surface area contributed by atoms with Crippen LogP contribution in [0.25, 0.3) is 11.5 Å². The quantitative estimate of drug-likeness (QED) is 0.731. The average molecular weight is 371 g/mol. The fourth-order valence-electron chi connectivity index (χ4n) is 2.02.